The van der Waals surface area contributed by atoms with Crippen molar-refractivity contribution in [2.24, 2.45) is 0 Å². The van der Waals surface area contributed by atoms with Gasteiger partial charge in [0.1, 0.15) is 5.75 Å². The molecule has 0 heterocycles. The number of aliphatic hydroxyl groups is 1. The number of Topliss-reactive ketones (excluding diaryl/α,β-unsaturated/α-hetero) is 1. The number of ketones is 1. The fourth-order valence-electron chi connectivity index (χ4n) is 0.821. The van der Waals surface area contributed by atoms with Crippen molar-refractivity contribution in [2.45, 2.75) is 0 Å². The normalized spacial score (nSPS) is 9.33. The molecule has 1 aromatic rings. The van der Waals surface area contributed by atoms with E-state index in [1.54, 1.807) is 12.1 Å². The number of rotatable bonds is 2. The van der Waals surface area contributed by atoms with Gasteiger partial charge in [0.05, 0.1) is 5.56 Å². The summed E-state index contributed by atoms with van der Waals surface area (Å²) >= 11 is 0. The molecule has 0 fully saturated rings. The van der Waals surface area contributed by atoms with E-state index < -0.39 is 11.5 Å². The van der Waals surface area contributed by atoms with E-state index in [1.165, 1.54) is 12.1 Å². The average Bonchev–Trinajstić information content (AvgIpc) is 2.04. The first-order valence-electron chi connectivity index (χ1n) is 3.33. The van der Waals surface area contributed by atoms with Crippen LogP contribution >= 0.6 is 0 Å². The first-order chi connectivity index (χ1) is 5.63. The van der Waals surface area contributed by atoms with Crippen molar-refractivity contribution in [1.29, 1.82) is 0 Å². The highest BCUT2D eigenvalue weighted by Gasteiger charge is 2.11. The van der Waals surface area contributed by atoms with Gasteiger partial charge in [0.15, 0.2) is 5.76 Å². The van der Waals surface area contributed by atoms with Crippen LogP contribution in [0.4, 0.5) is 0 Å². The highest BCUT2D eigenvalue weighted by molar-refractivity contribution is 6.08. The van der Waals surface area contributed by atoms with Crippen molar-refractivity contribution >= 4 is 5.78 Å². The number of hydrogen-bond donors (Lipinski definition) is 2. The molecule has 0 bridgehead atoms. The SMILES string of the molecule is C=C(O)C(=O)c1ccccc1O. The average molecular weight is 164 g/mol. The lowest BCUT2D eigenvalue weighted by Gasteiger charge is -2.00. The molecule has 0 aromatic heterocycles. The summed E-state index contributed by atoms with van der Waals surface area (Å²) in [6, 6.07) is 5.97. The standard InChI is InChI=1S/C9H8O3/c1-6(10)9(12)7-4-2-3-5-8(7)11/h2-5,10-11H,1H2. The van der Waals surface area contributed by atoms with Gasteiger partial charge in [0, 0.05) is 0 Å². The number of carbonyl (C=O) groups excluding carboxylic acids is 1. The molecule has 0 atom stereocenters. The van der Waals surface area contributed by atoms with Gasteiger partial charge in [-0.15, -0.1) is 0 Å². The smallest absolute Gasteiger partial charge is 0.230 e. The number of aliphatic hydroxyl groups excluding tert-OH is 1. The molecule has 2 N–H and O–H groups in total. The molecule has 1 rings (SSSR count). The van der Waals surface area contributed by atoms with Crippen molar-refractivity contribution in [3.8, 4) is 5.75 Å². The molecule has 0 radical (unpaired) electrons. The second-order valence-electron chi connectivity index (χ2n) is 2.29. The number of phenols is 1. The number of phenolic OH excluding ortho intramolecular Hbond substituents is 1. The topological polar surface area (TPSA) is 57.5 Å². The fraction of sp³-hybridized carbons (Fsp3) is 0. The van der Waals surface area contributed by atoms with Crippen molar-refractivity contribution in [1.82, 2.24) is 0 Å². The van der Waals surface area contributed by atoms with Crippen LogP contribution in [0.25, 0.3) is 0 Å². The molecule has 0 amide bonds. The van der Waals surface area contributed by atoms with Crippen LogP contribution in [0.3, 0.4) is 0 Å². The zero-order chi connectivity index (χ0) is 9.14. The third-order valence-corrected chi connectivity index (χ3v) is 1.41. The Morgan fingerprint density at radius 2 is 1.92 bits per heavy atom. The summed E-state index contributed by atoms with van der Waals surface area (Å²) in [7, 11) is 0. The van der Waals surface area contributed by atoms with Crippen molar-refractivity contribution in [3.05, 3.63) is 42.2 Å². The molecule has 0 aliphatic heterocycles. The van der Waals surface area contributed by atoms with E-state index in [2.05, 4.69) is 6.58 Å². The minimum atomic E-state index is -0.659. The van der Waals surface area contributed by atoms with E-state index >= 15 is 0 Å². The number of benzene rings is 1. The quantitative estimate of drug-likeness (QED) is 0.397. The molecule has 12 heavy (non-hydrogen) atoms. The third-order valence-electron chi connectivity index (χ3n) is 1.41. The molecule has 1 aromatic carbocycles. The lowest BCUT2D eigenvalue weighted by molar-refractivity contribution is 0.0976. The minimum Gasteiger partial charge on any atom is -0.507 e. The Kier molecular flexibility index (Phi) is 2.14. The molecular formula is C9H8O3. The lowest BCUT2D eigenvalue weighted by Crippen LogP contribution is -2.01. The van der Waals surface area contributed by atoms with Crippen LogP contribution < -0.4 is 0 Å². The van der Waals surface area contributed by atoms with Gasteiger partial charge in [-0.25, -0.2) is 0 Å². The first kappa shape index (κ1) is 8.33. The fourth-order valence-corrected chi connectivity index (χ4v) is 0.821. The second-order valence-corrected chi connectivity index (χ2v) is 2.29. The van der Waals surface area contributed by atoms with E-state index in [-0.39, 0.29) is 11.3 Å². The number of aromatic hydroxyl groups is 1. The summed E-state index contributed by atoms with van der Waals surface area (Å²) in [6.07, 6.45) is 0. The lowest BCUT2D eigenvalue weighted by atomic mass is 10.1. The van der Waals surface area contributed by atoms with Gasteiger partial charge < -0.3 is 10.2 Å². The summed E-state index contributed by atoms with van der Waals surface area (Å²) in [6.45, 7) is 3.07. The summed E-state index contributed by atoms with van der Waals surface area (Å²) in [5, 5.41) is 17.9. The van der Waals surface area contributed by atoms with Crippen molar-refractivity contribution < 1.29 is 15.0 Å². The predicted molar refractivity (Wildman–Crippen MR) is 44.2 cm³/mol. The molecule has 0 aliphatic rings. The maximum Gasteiger partial charge on any atom is 0.230 e. The molecule has 0 aliphatic carbocycles. The molecule has 3 heteroatoms. The van der Waals surface area contributed by atoms with Crippen LogP contribution in [0.15, 0.2) is 36.6 Å². The third kappa shape index (κ3) is 1.45. The zero-order valence-electron chi connectivity index (χ0n) is 6.32. The van der Waals surface area contributed by atoms with E-state index in [0.717, 1.165) is 0 Å². The van der Waals surface area contributed by atoms with E-state index in [1.807, 2.05) is 0 Å². The van der Waals surface area contributed by atoms with E-state index in [0.29, 0.717) is 0 Å². The van der Waals surface area contributed by atoms with Gasteiger partial charge in [0.25, 0.3) is 0 Å². The van der Waals surface area contributed by atoms with Crippen molar-refractivity contribution in [3.63, 3.8) is 0 Å². The highest BCUT2D eigenvalue weighted by Crippen LogP contribution is 2.17. The van der Waals surface area contributed by atoms with Crippen LogP contribution in [0, 0.1) is 0 Å². The maximum atomic E-state index is 11.1. The van der Waals surface area contributed by atoms with Gasteiger partial charge >= 0.3 is 0 Å². The molecule has 0 unspecified atom stereocenters. The molecule has 62 valence electrons. The second kappa shape index (κ2) is 3.09. The van der Waals surface area contributed by atoms with Gasteiger partial charge in [-0.1, -0.05) is 18.7 Å². The number of para-hydroxylation sites is 1. The summed E-state index contributed by atoms with van der Waals surface area (Å²) in [5.41, 5.74) is 0.0602. The van der Waals surface area contributed by atoms with Crippen LogP contribution in [0.1, 0.15) is 10.4 Å². The Labute approximate surface area is 69.6 Å². The Morgan fingerprint density at radius 1 is 1.33 bits per heavy atom. The monoisotopic (exact) mass is 164 g/mol. The number of allylic oxidation sites excluding steroid dienone is 1. The number of carbonyl (C=O) groups is 1. The minimum absolute atomic E-state index is 0.0602. The molecule has 0 spiro atoms. The van der Waals surface area contributed by atoms with Crippen LogP contribution in [0.5, 0.6) is 5.75 Å². The predicted octanol–water partition coefficient (Wildman–Crippen LogP) is 1.65. The van der Waals surface area contributed by atoms with Gasteiger partial charge in [-0.2, -0.15) is 0 Å². The highest BCUT2D eigenvalue weighted by atomic mass is 16.3. The van der Waals surface area contributed by atoms with Crippen LogP contribution in [-0.2, 0) is 0 Å². The van der Waals surface area contributed by atoms with Gasteiger partial charge in [0.2, 0.25) is 5.78 Å². The van der Waals surface area contributed by atoms with E-state index in [4.69, 9.17) is 10.2 Å². The molecular weight excluding hydrogens is 156 g/mol. The first-order valence-corrected chi connectivity index (χ1v) is 3.33. The van der Waals surface area contributed by atoms with Crippen LogP contribution in [0.2, 0.25) is 0 Å². The molecule has 0 saturated carbocycles. The maximum absolute atomic E-state index is 11.1. The Balaban J connectivity index is 3.11. The summed E-state index contributed by atoms with van der Waals surface area (Å²) in [4.78, 5) is 11.1. The summed E-state index contributed by atoms with van der Waals surface area (Å²) < 4.78 is 0. The molecule has 0 saturated heterocycles. The van der Waals surface area contributed by atoms with Crippen molar-refractivity contribution in [2.75, 3.05) is 0 Å². The zero-order valence-corrected chi connectivity index (χ0v) is 6.32. The Morgan fingerprint density at radius 3 is 2.42 bits per heavy atom. The Hall–Kier alpha value is -1.77. The summed E-state index contributed by atoms with van der Waals surface area (Å²) in [5.74, 6) is -1.39. The Bertz CT molecular complexity index is 328. The van der Waals surface area contributed by atoms with Crippen LogP contribution in [-0.4, -0.2) is 16.0 Å². The largest absolute Gasteiger partial charge is 0.507 e. The number of hydrogen-bond acceptors (Lipinski definition) is 3. The molecule has 3 nitrogen and oxygen atoms in total. The van der Waals surface area contributed by atoms with Gasteiger partial charge in [-0.3, -0.25) is 4.79 Å². The van der Waals surface area contributed by atoms with E-state index in [9.17, 15) is 4.79 Å². The van der Waals surface area contributed by atoms with Gasteiger partial charge in [-0.05, 0) is 12.1 Å².